The summed E-state index contributed by atoms with van der Waals surface area (Å²) in [6.45, 7) is 13.3. The first-order valence-corrected chi connectivity index (χ1v) is 6.45. The van der Waals surface area contributed by atoms with Crippen LogP contribution in [-0.4, -0.2) is 38.0 Å². The van der Waals surface area contributed by atoms with E-state index in [2.05, 4.69) is 39.9 Å². The molecule has 0 bridgehead atoms. The molecule has 1 rings (SSSR count). The molecule has 3 heteroatoms. The molecule has 2 unspecified atom stereocenters. The smallest absolute Gasteiger partial charge is 0.0655 e. The monoisotopic (exact) mass is 229 g/mol. The van der Waals surface area contributed by atoms with E-state index in [1.165, 1.54) is 0 Å². The van der Waals surface area contributed by atoms with Crippen LogP contribution < -0.4 is 5.32 Å². The lowest BCUT2D eigenvalue weighted by molar-refractivity contribution is -0.115. The molecule has 2 atom stereocenters. The van der Waals surface area contributed by atoms with Crippen LogP contribution in [0.2, 0.25) is 0 Å². The highest BCUT2D eigenvalue weighted by molar-refractivity contribution is 5.02. The Morgan fingerprint density at radius 1 is 1.38 bits per heavy atom. The van der Waals surface area contributed by atoms with Gasteiger partial charge in [-0.25, -0.2) is 0 Å². The minimum Gasteiger partial charge on any atom is -0.378 e. The van der Waals surface area contributed by atoms with Crippen LogP contribution in [0.1, 0.15) is 41.0 Å². The second kappa shape index (κ2) is 5.99. The molecule has 16 heavy (non-hydrogen) atoms. The van der Waals surface area contributed by atoms with Gasteiger partial charge in [0.05, 0.1) is 18.8 Å². The summed E-state index contributed by atoms with van der Waals surface area (Å²) in [4.78, 5) is 0. The van der Waals surface area contributed by atoms with Crippen molar-refractivity contribution in [2.75, 3.05) is 19.8 Å². The number of rotatable bonds is 7. The zero-order chi connectivity index (χ0) is 12.2. The summed E-state index contributed by atoms with van der Waals surface area (Å²) < 4.78 is 11.2. The van der Waals surface area contributed by atoms with Gasteiger partial charge < -0.3 is 14.8 Å². The van der Waals surface area contributed by atoms with E-state index in [1.54, 1.807) is 0 Å². The van der Waals surface area contributed by atoms with Crippen LogP contribution >= 0.6 is 0 Å². The summed E-state index contributed by atoms with van der Waals surface area (Å²) in [5, 5.41) is 3.55. The molecular weight excluding hydrogens is 202 g/mol. The SMILES string of the molecule is CCOC1CC(NCCOC(C)C)C1(C)C. The lowest BCUT2D eigenvalue weighted by Gasteiger charge is -2.52. The van der Waals surface area contributed by atoms with Gasteiger partial charge >= 0.3 is 0 Å². The Morgan fingerprint density at radius 2 is 2.06 bits per heavy atom. The molecular formula is C13H27NO2. The molecule has 1 saturated carbocycles. The van der Waals surface area contributed by atoms with Gasteiger partial charge in [-0.2, -0.15) is 0 Å². The second-order valence-electron chi connectivity index (χ2n) is 5.43. The molecule has 0 radical (unpaired) electrons. The average molecular weight is 229 g/mol. The first-order chi connectivity index (χ1) is 7.48. The highest BCUT2D eigenvalue weighted by atomic mass is 16.5. The van der Waals surface area contributed by atoms with Crippen molar-refractivity contribution in [3.05, 3.63) is 0 Å². The molecule has 3 nitrogen and oxygen atoms in total. The number of hydrogen-bond acceptors (Lipinski definition) is 3. The van der Waals surface area contributed by atoms with Crippen LogP contribution in [0, 0.1) is 5.41 Å². The third kappa shape index (κ3) is 3.44. The summed E-state index contributed by atoms with van der Waals surface area (Å²) >= 11 is 0. The lowest BCUT2D eigenvalue weighted by Crippen LogP contribution is -2.61. The van der Waals surface area contributed by atoms with Crippen molar-refractivity contribution in [1.82, 2.24) is 5.32 Å². The molecule has 1 fully saturated rings. The summed E-state index contributed by atoms with van der Waals surface area (Å²) in [7, 11) is 0. The maximum Gasteiger partial charge on any atom is 0.0655 e. The molecule has 1 N–H and O–H groups in total. The van der Waals surface area contributed by atoms with E-state index in [4.69, 9.17) is 9.47 Å². The van der Waals surface area contributed by atoms with Crippen LogP contribution in [-0.2, 0) is 9.47 Å². The van der Waals surface area contributed by atoms with Crippen molar-refractivity contribution in [3.63, 3.8) is 0 Å². The fourth-order valence-corrected chi connectivity index (χ4v) is 2.24. The van der Waals surface area contributed by atoms with E-state index in [0.717, 1.165) is 26.2 Å². The Bertz CT molecular complexity index is 204. The van der Waals surface area contributed by atoms with Gasteiger partial charge in [-0.1, -0.05) is 13.8 Å². The molecule has 0 spiro atoms. The minimum absolute atomic E-state index is 0.258. The lowest BCUT2D eigenvalue weighted by atomic mass is 9.64. The predicted octanol–water partition coefficient (Wildman–Crippen LogP) is 2.20. The normalized spacial score (nSPS) is 28.1. The Morgan fingerprint density at radius 3 is 2.56 bits per heavy atom. The number of hydrogen-bond donors (Lipinski definition) is 1. The quantitative estimate of drug-likeness (QED) is 0.679. The van der Waals surface area contributed by atoms with Gasteiger partial charge in [0.25, 0.3) is 0 Å². The van der Waals surface area contributed by atoms with Gasteiger partial charge in [-0.15, -0.1) is 0 Å². The second-order valence-corrected chi connectivity index (χ2v) is 5.43. The van der Waals surface area contributed by atoms with Gasteiger partial charge in [0.15, 0.2) is 0 Å². The molecule has 1 aliphatic carbocycles. The van der Waals surface area contributed by atoms with Crippen LogP contribution in [0.5, 0.6) is 0 Å². The van der Waals surface area contributed by atoms with Gasteiger partial charge in [0, 0.05) is 24.6 Å². The Kier molecular flexibility index (Phi) is 5.22. The summed E-state index contributed by atoms with van der Waals surface area (Å²) in [6, 6.07) is 0.569. The maximum absolute atomic E-state index is 5.70. The molecule has 0 aromatic heterocycles. The molecule has 0 aliphatic heterocycles. The largest absolute Gasteiger partial charge is 0.378 e. The number of ether oxygens (including phenoxy) is 2. The minimum atomic E-state index is 0.258. The van der Waals surface area contributed by atoms with Crippen LogP contribution in [0.4, 0.5) is 0 Å². The van der Waals surface area contributed by atoms with E-state index in [9.17, 15) is 0 Å². The average Bonchev–Trinajstić information content (AvgIpc) is 2.20. The Balaban J connectivity index is 2.16. The van der Waals surface area contributed by atoms with Crippen molar-refractivity contribution in [2.24, 2.45) is 5.41 Å². The Hall–Kier alpha value is -0.120. The zero-order valence-corrected chi connectivity index (χ0v) is 11.4. The molecule has 0 aromatic carbocycles. The third-order valence-electron chi connectivity index (χ3n) is 3.49. The fourth-order valence-electron chi connectivity index (χ4n) is 2.24. The first kappa shape index (κ1) is 13.9. The van der Waals surface area contributed by atoms with Crippen LogP contribution in [0.25, 0.3) is 0 Å². The fraction of sp³-hybridized carbons (Fsp3) is 1.00. The third-order valence-corrected chi connectivity index (χ3v) is 3.49. The van der Waals surface area contributed by atoms with E-state index in [-0.39, 0.29) is 5.41 Å². The standard InChI is InChI=1S/C13H27NO2/c1-6-15-12-9-11(13(12,4)5)14-7-8-16-10(2)3/h10-12,14H,6-9H2,1-5H3. The van der Waals surface area contributed by atoms with Gasteiger partial charge in [-0.3, -0.25) is 0 Å². The van der Waals surface area contributed by atoms with E-state index in [0.29, 0.717) is 18.2 Å². The van der Waals surface area contributed by atoms with Gasteiger partial charge in [0.1, 0.15) is 0 Å². The van der Waals surface area contributed by atoms with E-state index >= 15 is 0 Å². The molecule has 0 amide bonds. The van der Waals surface area contributed by atoms with Crippen molar-refractivity contribution in [3.8, 4) is 0 Å². The van der Waals surface area contributed by atoms with E-state index in [1.807, 2.05) is 0 Å². The molecule has 0 heterocycles. The van der Waals surface area contributed by atoms with Gasteiger partial charge in [-0.05, 0) is 27.2 Å². The highest BCUT2D eigenvalue weighted by Gasteiger charge is 2.48. The summed E-state index contributed by atoms with van der Waals surface area (Å²) in [5.74, 6) is 0. The Labute approximate surface area is 99.9 Å². The summed E-state index contributed by atoms with van der Waals surface area (Å²) in [6.07, 6.45) is 1.87. The zero-order valence-electron chi connectivity index (χ0n) is 11.4. The van der Waals surface area contributed by atoms with Gasteiger partial charge in [0.2, 0.25) is 0 Å². The van der Waals surface area contributed by atoms with Crippen molar-refractivity contribution in [1.29, 1.82) is 0 Å². The summed E-state index contributed by atoms with van der Waals surface area (Å²) in [5.41, 5.74) is 0.258. The van der Waals surface area contributed by atoms with Crippen LogP contribution in [0.15, 0.2) is 0 Å². The molecule has 0 aromatic rings. The molecule has 1 aliphatic rings. The maximum atomic E-state index is 5.70. The predicted molar refractivity (Wildman–Crippen MR) is 66.7 cm³/mol. The first-order valence-electron chi connectivity index (χ1n) is 6.45. The molecule has 0 saturated heterocycles. The molecule has 96 valence electrons. The highest BCUT2D eigenvalue weighted by Crippen LogP contribution is 2.42. The number of nitrogens with one attached hydrogen (secondary N) is 1. The van der Waals surface area contributed by atoms with Crippen molar-refractivity contribution in [2.45, 2.75) is 59.3 Å². The van der Waals surface area contributed by atoms with Crippen molar-refractivity contribution >= 4 is 0 Å². The van der Waals surface area contributed by atoms with Crippen LogP contribution in [0.3, 0.4) is 0 Å². The van der Waals surface area contributed by atoms with Crippen molar-refractivity contribution < 1.29 is 9.47 Å². The van der Waals surface area contributed by atoms with E-state index < -0.39 is 0 Å². The topological polar surface area (TPSA) is 30.5 Å².